The van der Waals surface area contributed by atoms with Crippen molar-refractivity contribution >= 4 is 29.4 Å². The minimum Gasteiger partial charge on any atom is -0.444 e. The van der Waals surface area contributed by atoms with Gasteiger partial charge >= 0.3 is 17.9 Å². The highest BCUT2D eigenvalue weighted by molar-refractivity contribution is 6.39. The molecule has 0 unspecified atom stereocenters. The Balaban J connectivity index is 1.65. The fourth-order valence-electron chi connectivity index (χ4n) is 4.91. The third-order valence-electron chi connectivity index (χ3n) is 6.47. The molecule has 182 valence electrons. The Morgan fingerprint density at radius 3 is 2.39 bits per heavy atom. The summed E-state index contributed by atoms with van der Waals surface area (Å²) in [5, 5.41) is 5.31. The van der Waals surface area contributed by atoms with Crippen molar-refractivity contribution in [3.63, 3.8) is 0 Å². The summed E-state index contributed by atoms with van der Waals surface area (Å²) in [4.78, 5) is 44.1. The normalized spacial score (nSPS) is 21.9. The Hall–Kier alpha value is -2.64. The van der Waals surface area contributed by atoms with Gasteiger partial charge in [-0.3, -0.25) is 14.9 Å². The van der Waals surface area contributed by atoms with Crippen LogP contribution in [0.3, 0.4) is 0 Å². The summed E-state index contributed by atoms with van der Waals surface area (Å²) < 4.78 is 5.25. The zero-order valence-electron chi connectivity index (χ0n) is 20.6. The first-order chi connectivity index (χ1) is 15.5. The number of anilines is 2. The summed E-state index contributed by atoms with van der Waals surface area (Å²) in [5.74, 6) is 0.120. The molecule has 2 N–H and O–H groups in total. The van der Waals surface area contributed by atoms with E-state index in [1.807, 2.05) is 4.90 Å². The molecule has 1 aliphatic carbocycles. The van der Waals surface area contributed by atoms with E-state index >= 15 is 0 Å². The molecule has 1 aliphatic heterocycles. The largest absolute Gasteiger partial charge is 0.444 e. The van der Waals surface area contributed by atoms with Crippen molar-refractivity contribution in [3.05, 3.63) is 17.8 Å². The number of aromatic nitrogens is 1. The number of piperidine rings is 1. The lowest BCUT2D eigenvalue weighted by atomic mass is 9.78. The molecule has 1 aromatic heterocycles. The van der Waals surface area contributed by atoms with Crippen LogP contribution >= 0.6 is 0 Å². The van der Waals surface area contributed by atoms with E-state index in [1.165, 1.54) is 25.5 Å². The number of likely N-dealkylation sites (tertiary alicyclic amines) is 1. The second-order valence-corrected chi connectivity index (χ2v) is 10.6. The van der Waals surface area contributed by atoms with E-state index < -0.39 is 23.5 Å². The van der Waals surface area contributed by atoms with Gasteiger partial charge in [-0.15, -0.1) is 0 Å². The number of nitrogens with one attached hydrogen (secondary N) is 2. The van der Waals surface area contributed by atoms with Crippen molar-refractivity contribution < 1.29 is 19.1 Å². The summed E-state index contributed by atoms with van der Waals surface area (Å²) in [5.41, 5.74) is 0.450. The van der Waals surface area contributed by atoms with Crippen LogP contribution in [0.25, 0.3) is 0 Å². The first-order valence-electron chi connectivity index (χ1n) is 12.1. The monoisotopic (exact) mass is 458 g/mol. The maximum Gasteiger partial charge on any atom is 0.413 e. The molecule has 3 amide bonds. The molecule has 8 nitrogen and oxygen atoms in total. The fraction of sp³-hybridized carbons (Fsp3) is 0.680. The molecule has 33 heavy (non-hydrogen) atoms. The van der Waals surface area contributed by atoms with Crippen LogP contribution in [0.2, 0.25) is 0 Å². The minimum atomic E-state index is -0.640. The van der Waals surface area contributed by atoms with Crippen LogP contribution in [0.4, 0.5) is 16.3 Å². The predicted molar refractivity (Wildman–Crippen MR) is 128 cm³/mol. The van der Waals surface area contributed by atoms with E-state index in [-0.39, 0.29) is 6.04 Å². The predicted octanol–water partition coefficient (Wildman–Crippen LogP) is 4.88. The minimum absolute atomic E-state index is 0.153. The van der Waals surface area contributed by atoms with Crippen LogP contribution in [0.5, 0.6) is 0 Å². The first kappa shape index (κ1) is 25.0. The van der Waals surface area contributed by atoms with Crippen molar-refractivity contribution in [1.82, 2.24) is 9.88 Å². The third kappa shape index (κ3) is 6.92. The molecule has 1 aromatic rings. The van der Waals surface area contributed by atoms with Gasteiger partial charge in [-0.2, -0.15) is 0 Å². The summed E-state index contributed by atoms with van der Waals surface area (Å²) in [7, 11) is 0. The Kier molecular flexibility index (Phi) is 7.97. The highest BCUT2D eigenvalue weighted by Crippen LogP contribution is 2.35. The molecule has 1 saturated heterocycles. The second kappa shape index (κ2) is 10.5. The number of hydrogen-bond acceptors (Lipinski definition) is 5. The summed E-state index contributed by atoms with van der Waals surface area (Å²) in [6, 6.07) is 1.84. The average Bonchev–Trinajstić information content (AvgIpc) is 2.74. The molecule has 2 atom stereocenters. The van der Waals surface area contributed by atoms with Crippen molar-refractivity contribution in [1.29, 1.82) is 0 Å². The van der Waals surface area contributed by atoms with Gasteiger partial charge in [-0.25, -0.2) is 9.78 Å². The van der Waals surface area contributed by atoms with E-state index in [2.05, 4.69) is 22.5 Å². The molecule has 8 heteroatoms. The van der Waals surface area contributed by atoms with Crippen LogP contribution in [0.1, 0.15) is 78.2 Å². The smallest absolute Gasteiger partial charge is 0.413 e. The summed E-state index contributed by atoms with van der Waals surface area (Å²) in [6.07, 6.45) is 8.86. The number of hydrogen-bond donors (Lipinski definition) is 2. The van der Waals surface area contributed by atoms with Gasteiger partial charge in [0.15, 0.2) is 0 Å². The van der Waals surface area contributed by atoms with Crippen LogP contribution in [0, 0.1) is 18.8 Å². The van der Waals surface area contributed by atoms with Crippen molar-refractivity contribution in [2.24, 2.45) is 11.8 Å². The third-order valence-corrected chi connectivity index (χ3v) is 6.47. The van der Waals surface area contributed by atoms with E-state index in [0.29, 0.717) is 35.4 Å². The highest BCUT2D eigenvalue weighted by atomic mass is 16.6. The number of nitrogens with zero attached hydrogens (tertiary/aromatic N) is 2. The number of amides is 3. The van der Waals surface area contributed by atoms with Gasteiger partial charge in [0.05, 0.1) is 11.9 Å². The number of rotatable bonds is 3. The lowest BCUT2D eigenvalue weighted by Gasteiger charge is -2.43. The molecule has 1 saturated carbocycles. The molecule has 2 aliphatic rings. The van der Waals surface area contributed by atoms with Crippen molar-refractivity contribution in [3.8, 4) is 0 Å². The Morgan fingerprint density at radius 1 is 1.06 bits per heavy atom. The molecule has 2 fully saturated rings. The summed E-state index contributed by atoms with van der Waals surface area (Å²) in [6.45, 7) is 9.88. The maximum absolute atomic E-state index is 13.2. The lowest BCUT2D eigenvalue weighted by molar-refractivity contribution is -0.147. The zero-order chi connectivity index (χ0) is 24.2. The van der Waals surface area contributed by atoms with E-state index in [4.69, 9.17) is 4.74 Å². The molecule has 3 rings (SSSR count). The van der Waals surface area contributed by atoms with Crippen molar-refractivity contribution in [2.45, 2.75) is 91.2 Å². The van der Waals surface area contributed by atoms with Gasteiger partial charge in [-0.1, -0.05) is 26.2 Å². The molecule has 0 bridgehead atoms. The zero-order valence-corrected chi connectivity index (χ0v) is 20.6. The van der Waals surface area contributed by atoms with E-state index in [1.54, 1.807) is 33.8 Å². The van der Waals surface area contributed by atoms with Gasteiger partial charge in [-0.05, 0) is 76.8 Å². The number of ether oxygens (including phenoxy) is 1. The van der Waals surface area contributed by atoms with E-state index in [9.17, 15) is 14.4 Å². The van der Waals surface area contributed by atoms with Gasteiger partial charge in [0.25, 0.3) is 0 Å². The Morgan fingerprint density at radius 2 is 1.76 bits per heavy atom. The van der Waals surface area contributed by atoms with Gasteiger partial charge in [0.2, 0.25) is 0 Å². The van der Waals surface area contributed by atoms with Crippen LogP contribution < -0.4 is 10.6 Å². The second-order valence-electron chi connectivity index (χ2n) is 10.6. The van der Waals surface area contributed by atoms with Crippen LogP contribution in [0.15, 0.2) is 12.3 Å². The number of aryl methyl sites for hydroxylation is 1. The SMILES string of the molecule is Cc1cc(NC(=O)C(=O)N2C[C@H](C)CC[C@H]2C2CCCCC2)cnc1NC(=O)OC(C)(C)C. The molecule has 2 heterocycles. The fourth-order valence-corrected chi connectivity index (χ4v) is 4.91. The van der Waals surface area contributed by atoms with Gasteiger partial charge in [0.1, 0.15) is 11.4 Å². The number of carbonyl (C=O) groups excluding carboxylic acids is 3. The number of carbonyl (C=O) groups is 3. The lowest BCUT2D eigenvalue weighted by Crippen LogP contribution is -2.53. The Labute approximate surface area is 196 Å². The molecular weight excluding hydrogens is 420 g/mol. The first-order valence-corrected chi connectivity index (χ1v) is 12.1. The molecule has 0 radical (unpaired) electrons. The highest BCUT2D eigenvalue weighted by Gasteiger charge is 2.37. The number of pyridine rings is 1. The molecule has 0 spiro atoms. The van der Waals surface area contributed by atoms with Crippen LogP contribution in [-0.4, -0.2) is 46.0 Å². The topological polar surface area (TPSA) is 101 Å². The standard InChI is InChI=1S/C25H38N4O4/c1-16-11-12-20(18-9-7-6-8-10-18)29(15-16)23(31)22(30)27-19-13-17(2)21(26-14-19)28-24(32)33-25(3,4)5/h13-14,16,18,20H,6-12,15H2,1-5H3,(H,27,30)(H,26,28,32)/t16-,20+/m1/s1. The quantitative estimate of drug-likeness (QED) is 0.629. The van der Waals surface area contributed by atoms with E-state index in [0.717, 1.165) is 25.7 Å². The van der Waals surface area contributed by atoms with Gasteiger partial charge in [0, 0.05) is 12.6 Å². The Bertz CT molecular complexity index is 874. The maximum atomic E-state index is 13.2. The molecular formula is C25H38N4O4. The van der Waals surface area contributed by atoms with Crippen LogP contribution in [-0.2, 0) is 14.3 Å². The van der Waals surface area contributed by atoms with Gasteiger partial charge < -0.3 is 15.0 Å². The summed E-state index contributed by atoms with van der Waals surface area (Å²) >= 11 is 0. The molecule has 0 aromatic carbocycles. The average molecular weight is 459 g/mol. The van der Waals surface area contributed by atoms with Crippen molar-refractivity contribution in [2.75, 3.05) is 17.2 Å².